The van der Waals surface area contributed by atoms with Crippen molar-refractivity contribution in [2.45, 2.75) is 57.9 Å². The Kier molecular flexibility index (Phi) is 5.30. The normalized spacial score (nSPS) is 32.8. The summed E-state index contributed by atoms with van der Waals surface area (Å²) in [6.45, 7) is 6.29. The van der Waals surface area contributed by atoms with Gasteiger partial charge in [0.25, 0.3) is 0 Å². The van der Waals surface area contributed by atoms with Gasteiger partial charge in [-0.15, -0.1) is 0 Å². The van der Waals surface area contributed by atoms with Crippen molar-refractivity contribution in [2.24, 2.45) is 11.8 Å². The van der Waals surface area contributed by atoms with E-state index >= 15 is 0 Å². The summed E-state index contributed by atoms with van der Waals surface area (Å²) in [6.07, 6.45) is 10.1. The molecule has 1 saturated heterocycles. The molecule has 0 aromatic heterocycles. The average molecular weight is 238 g/mol. The van der Waals surface area contributed by atoms with Crippen molar-refractivity contribution in [1.29, 1.82) is 0 Å². The van der Waals surface area contributed by atoms with Crippen molar-refractivity contribution in [3.63, 3.8) is 0 Å². The summed E-state index contributed by atoms with van der Waals surface area (Å²) in [5.74, 6) is 1.95. The number of rotatable bonds is 4. The van der Waals surface area contributed by atoms with E-state index in [2.05, 4.69) is 24.2 Å². The van der Waals surface area contributed by atoms with Crippen LogP contribution < -0.4 is 5.32 Å². The number of nitrogens with zero attached hydrogens (tertiary/aromatic N) is 1. The van der Waals surface area contributed by atoms with Gasteiger partial charge in [0.2, 0.25) is 0 Å². The van der Waals surface area contributed by atoms with Crippen molar-refractivity contribution in [1.82, 2.24) is 10.2 Å². The molecule has 2 nitrogen and oxygen atoms in total. The average Bonchev–Trinajstić information content (AvgIpc) is 2.40. The second-order valence-electron chi connectivity index (χ2n) is 6.13. The molecule has 1 heterocycles. The van der Waals surface area contributed by atoms with Crippen LogP contribution in [0.25, 0.3) is 0 Å². The minimum Gasteiger partial charge on any atom is -0.319 e. The maximum absolute atomic E-state index is 3.33. The van der Waals surface area contributed by atoms with Crippen LogP contribution in [0.5, 0.6) is 0 Å². The lowest BCUT2D eigenvalue weighted by Gasteiger charge is -2.41. The molecule has 1 saturated carbocycles. The van der Waals surface area contributed by atoms with E-state index in [0.29, 0.717) is 0 Å². The minimum absolute atomic E-state index is 0.921. The summed E-state index contributed by atoms with van der Waals surface area (Å²) in [6, 6.07) is 0.921. The molecule has 0 spiro atoms. The number of hydrogen-bond donors (Lipinski definition) is 1. The van der Waals surface area contributed by atoms with Gasteiger partial charge in [-0.3, -0.25) is 0 Å². The van der Waals surface area contributed by atoms with E-state index in [1.807, 2.05) is 0 Å². The summed E-state index contributed by atoms with van der Waals surface area (Å²) >= 11 is 0. The topological polar surface area (TPSA) is 15.3 Å². The molecule has 2 atom stereocenters. The Morgan fingerprint density at radius 3 is 2.47 bits per heavy atom. The highest BCUT2D eigenvalue weighted by Gasteiger charge is 2.28. The predicted molar refractivity (Wildman–Crippen MR) is 74.3 cm³/mol. The Bertz CT molecular complexity index is 209. The van der Waals surface area contributed by atoms with E-state index in [-0.39, 0.29) is 0 Å². The Labute approximate surface area is 107 Å². The first kappa shape index (κ1) is 13.4. The van der Waals surface area contributed by atoms with Crippen LogP contribution in [0.3, 0.4) is 0 Å². The number of nitrogens with one attached hydrogen (secondary N) is 1. The summed E-state index contributed by atoms with van der Waals surface area (Å²) in [7, 11) is 2.08. The van der Waals surface area contributed by atoms with Gasteiger partial charge < -0.3 is 10.2 Å². The lowest BCUT2D eigenvalue weighted by Crippen LogP contribution is -2.44. The third kappa shape index (κ3) is 3.69. The zero-order chi connectivity index (χ0) is 12.1. The minimum atomic E-state index is 0.921. The summed E-state index contributed by atoms with van der Waals surface area (Å²) in [5.41, 5.74) is 0. The number of hydrogen-bond acceptors (Lipinski definition) is 2. The molecule has 17 heavy (non-hydrogen) atoms. The predicted octanol–water partition coefficient (Wildman–Crippen LogP) is 2.89. The molecule has 1 aliphatic heterocycles. The Balaban J connectivity index is 1.76. The van der Waals surface area contributed by atoms with Crippen LogP contribution in [0.2, 0.25) is 0 Å². The van der Waals surface area contributed by atoms with Gasteiger partial charge in [0, 0.05) is 6.04 Å². The van der Waals surface area contributed by atoms with E-state index < -0.39 is 0 Å². The third-order valence-electron chi connectivity index (χ3n) is 4.99. The third-order valence-corrected chi connectivity index (χ3v) is 4.99. The van der Waals surface area contributed by atoms with E-state index in [1.165, 1.54) is 64.6 Å². The lowest BCUT2D eigenvalue weighted by atomic mass is 9.82. The van der Waals surface area contributed by atoms with Crippen molar-refractivity contribution >= 4 is 0 Å². The molecule has 2 aliphatic rings. The SMILES string of the molecule is CCC1CCCC(N2CCC(CNC)CC2)C1. The summed E-state index contributed by atoms with van der Waals surface area (Å²) < 4.78 is 0. The first-order chi connectivity index (χ1) is 8.33. The molecule has 2 unspecified atom stereocenters. The van der Waals surface area contributed by atoms with Crippen LogP contribution in [-0.4, -0.2) is 37.6 Å². The van der Waals surface area contributed by atoms with E-state index in [1.54, 1.807) is 0 Å². The van der Waals surface area contributed by atoms with Crippen LogP contribution in [0.1, 0.15) is 51.9 Å². The fraction of sp³-hybridized carbons (Fsp3) is 1.00. The Morgan fingerprint density at radius 2 is 1.82 bits per heavy atom. The second-order valence-corrected chi connectivity index (χ2v) is 6.13. The number of piperidine rings is 1. The molecular weight excluding hydrogens is 208 g/mol. The molecule has 2 rings (SSSR count). The highest BCUT2D eigenvalue weighted by atomic mass is 15.2. The van der Waals surface area contributed by atoms with Gasteiger partial charge in [-0.25, -0.2) is 0 Å². The molecule has 2 heteroatoms. The van der Waals surface area contributed by atoms with E-state index in [9.17, 15) is 0 Å². The van der Waals surface area contributed by atoms with Crippen molar-refractivity contribution in [2.75, 3.05) is 26.7 Å². The van der Waals surface area contributed by atoms with Crippen molar-refractivity contribution < 1.29 is 0 Å². The lowest BCUT2D eigenvalue weighted by molar-refractivity contribution is 0.0889. The summed E-state index contributed by atoms with van der Waals surface area (Å²) in [5, 5.41) is 3.33. The van der Waals surface area contributed by atoms with E-state index in [4.69, 9.17) is 0 Å². The molecule has 0 radical (unpaired) electrons. The van der Waals surface area contributed by atoms with Crippen LogP contribution in [0.15, 0.2) is 0 Å². The van der Waals surface area contributed by atoms with Crippen LogP contribution >= 0.6 is 0 Å². The number of likely N-dealkylation sites (tertiary alicyclic amines) is 1. The fourth-order valence-corrected chi connectivity index (χ4v) is 3.78. The van der Waals surface area contributed by atoms with Gasteiger partial charge >= 0.3 is 0 Å². The van der Waals surface area contributed by atoms with Gasteiger partial charge in [-0.2, -0.15) is 0 Å². The molecule has 1 N–H and O–H groups in total. The van der Waals surface area contributed by atoms with Crippen LogP contribution in [-0.2, 0) is 0 Å². The quantitative estimate of drug-likeness (QED) is 0.810. The van der Waals surface area contributed by atoms with Crippen LogP contribution in [0, 0.1) is 11.8 Å². The highest BCUT2D eigenvalue weighted by Crippen LogP contribution is 2.31. The molecule has 1 aliphatic carbocycles. The first-order valence-corrected chi connectivity index (χ1v) is 7.72. The molecule has 2 fully saturated rings. The van der Waals surface area contributed by atoms with Gasteiger partial charge in [-0.05, 0) is 64.2 Å². The monoisotopic (exact) mass is 238 g/mol. The largest absolute Gasteiger partial charge is 0.319 e. The molecule has 0 amide bonds. The second kappa shape index (κ2) is 6.75. The van der Waals surface area contributed by atoms with E-state index in [0.717, 1.165) is 17.9 Å². The smallest absolute Gasteiger partial charge is 0.00978 e. The molecule has 0 bridgehead atoms. The zero-order valence-corrected chi connectivity index (χ0v) is 11.8. The van der Waals surface area contributed by atoms with Gasteiger partial charge in [0.1, 0.15) is 0 Å². The van der Waals surface area contributed by atoms with Gasteiger partial charge in [0.05, 0.1) is 0 Å². The maximum Gasteiger partial charge on any atom is 0.00978 e. The molecule has 0 aromatic carbocycles. The Hall–Kier alpha value is -0.0800. The fourth-order valence-electron chi connectivity index (χ4n) is 3.78. The molecule has 0 aromatic rings. The van der Waals surface area contributed by atoms with Crippen molar-refractivity contribution in [3.8, 4) is 0 Å². The maximum atomic E-state index is 3.33. The molecule has 100 valence electrons. The first-order valence-electron chi connectivity index (χ1n) is 7.72. The molecular formula is C15H30N2. The van der Waals surface area contributed by atoms with Crippen molar-refractivity contribution in [3.05, 3.63) is 0 Å². The highest BCUT2D eigenvalue weighted by molar-refractivity contribution is 4.83. The zero-order valence-electron chi connectivity index (χ0n) is 11.8. The standard InChI is InChI=1S/C15H30N2/c1-3-13-5-4-6-15(11-13)17-9-7-14(8-10-17)12-16-2/h13-16H,3-12H2,1-2H3. The Morgan fingerprint density at radius 1 is 1.06 bits per heavy atom. The van der Waals surface area contributed by atoms with Gasteiger partial charge in [0.15, 0.2) is 0 Å². The summed E-state index contributed by atoms with van der Waals surface area (Å²) in [4.78, 5) is 2.80. The van der Waals surface area contributed by atoms with Gasteiger partial charge in [-0.1, -0.05) is 26.2 Å². The van der Waals surface area contributed by atoms with Crippen LogP contribution in [0.4, 0.5) is 0 Å².